The molecule has 242 valence electrons. The molecule has 0 amide bonds. The van der Waals surface area contributed by atoms with Crippen molar-refractivity contribution in [2.45, 2.75) is 49.5 Å². The number of ether oxygens (including phenoxy) is 2. The number of aromatic nitrogens is 6. The van der Waals surface area contributed by atoms with E-state index in [1.807, 2.05) is 0 Å². The van der Waals surface area contributed by atoms with E-state index in [0.29, 0.717) is 0 Å². The molecule has 0 bridgehead atoms. The molecule has 0 aromatic carbocycles. The monoisotopic (exact) mass is 709 g/mol. The zero-order chi connectivity index (χ0) is 32.2. The zero-order valence-corrected chi connectivity index (χ0v) is 26.1. The largest absolute Gasteiger partial charge is 0.582 e. The Morgan fingerprint density at radius 2 is 2.04 bits per heavy atom. The van der Waals surface area contributed by atoms with Gasteiger partial charge in [-0.2, -0.15) is 4.98 Å². The van der Waals surface area contributed by atoms with Crippen LogP contribution >= 0.6 is 26.2 Å². The number of aromatic amines is 1. The van der Waals surface area contributed by atoms with Crippen molar-refractivity contribution in [1.82, 2.24) is 29.1 Å². The highest BCUT2D eigenvalue weighted by Crippen LogP contribution is 2.51. The molecular weight excluding hydrogens is 684 g/mol. The van der Waals surface area contributed by atoms with Crippen LogP contribution in [0.3, 0.4) is 0 Å². The molecule has 0 saturated carbocycles. The fourth-order valence-electron chi connectivity index (χ4n) is 5.28. The second kappa shape index (κ2) is 12.5. The van der Waals surface area contributed by atoms with Crippen molar-refractivity contribution in [1.29, 1.82) is 0 Å². The fourth-order valence-corrected chi connectivity index (χ4v) is 7.50. The van der Waals surface area contributed by atoms with Gasteiger partial charge in [0.15, 0.2) is 29.4 Å². The SMILES string of the molecule is Nc1nc2c(ncn2[C@@H]2O[C@H](CO)[C@@H](F)[C@H]2OP(O)(=S)OC[C@H]2O[C@@H](n3cc(F)c4c(N)ccnc43)C[C@@H]2O[P+](=O)S)c(=O)[nH]1. The van der Waals surface area contributed by atoms with E-state index in [2.05, 4.69) is 32.2 Å². The summed E-state index contributed by atoms with van der Waals surface area (Å²) in [6, 6.07) is 1.44. The Labute approximate surface area is 262 Å². The highest BCUT2D eigenvalue weighted by molar-refractivity contribution is 8.39. The Morgan fingerprint density at radius 3 is 2.78 bits per heavy atom. The number of thiol groups is 1. The van der Waals surface area contributed by atoms with E-state index in [1.165, 1.54) is 16.8 Å². The van der Waals surface area contributed by atoms with Crippen LogP contribution in [0.5, 0.6) is 0 Å². The number of rotatable bonds is 10. The number of pyridine rings is 1. The predicted octanol–water partition coefficient (Wildman–Crippen LogP) is 1.58. The van der Waals surface area contributed by atoms with Gasteiger partial charge in [0, 0.05) is 24.5 Å². The molecule has 7 N–H and O–H groups in total. The molecule has 2 unspecified atom stereocenters. The van der Waals surface area contributed by atoms with E-state index >= 15 is 4.39 Å². The van der Waals surface area contributed by atoms with E-state index in [4.69, 9.17) is 46.3 Å². The number of fused-ring (bicyclic) bond motifs is 2. The van der Waals surface area contributed by atoms with Crippen LogP contribution in [-0.4, -0.2) is 82.9 Å². The molecule has 23 heteroatoms. The molecule has 4 aromatic heterocycles. The lowest BCUT2D eigenvalue weighted by molar-refractivity contribution is -0.0529. The smallest absolute Gasteiger partial charge is 0.398 e. The first kappa shape index (κ1) is 32.3. The van der Waals surface area contributed by atoms with Gasteiger partial charge in [-0.3, -0.25) is 18.9 Å². The van der Waals surface area contributed by atoms with E-state index in [9.17, 15) is 23.7 Å². The van der Waals surface area contributed by atoms with E-state index in [-0.39, 0.29) is 40.3 Å². The summed E-state index contributed by atoms with van der Waals surface area (Å²) in [4.78, 5) is 37.7. The van der Waals surface area contributed by atoms with Crippen LogP contribution in [-0.2, 0) is 39.4 Å². The summed E-state index contributed by atoms with van der Waals surface area (Å²) in [6.45, 7) is -5.58. The first-order valence-corrected chi connectivity index (χ1v) is 18.0. The van der Waals surface area contributed by atoms with Crippen LogP contribution in [0.15, 0.2) is 29.6 Å². The Morgan fingerprint density at radius 1 is 1.27 bits per heavy atom. The van der Waals surface area contributed by atoms with Gasteiger partial charge < -0.3 is 40.0 Å². The van der Waals surface area contributed by atoms with Crippen LogP contribution < -0.4 is 17.0 Å². The van der Waals surface area contributed by atoms with Crippen LogP contribution in [0.1, 0.15) is 18.9 Å². The van der Waals surface area contributed by atoms with Crippen molar-refractivity contribution in [3.63, 3.8) is 0 Å². The van der Waals surface area contributed by atoms with Gasteiger partial charge >= 0.3 is 13.9 Å². The average molecular weight is 710 g/mol. The third-order valence-corrected chi connectivity index (χ3v) is 9.53. The molecule has 0 spiro atoms. The molecule has 45 heavy (non-hydrogen) atoms. The predicted molar refractivity (Wildman–Crippen MR) is 160 cm³/mol. The van der Waals surface area contributed by atoms with Gasteiger partial charge in [0.25, 0.3) is 5.56 Å². The normalized spacial score (nSPS) is 28.6. The van der Waals surface area contributed by atoms with Crippen molar-refractivity contribution in [3.05, 3.63) is 41.0 Å². The molecular formula is C22H25F2N8O9P2S2+. The average Bonchev–Trinajstić information content (AvgIpc) is 3.72. The van der Waals surface area contributed by atoms with Gasteiger partial charge in [-0.25, -0.2) is 18.7 Å². The molecule has 17 nitrogen and oxygen atoms in total. The number of nitrogens with two attached hydrogens (primary N) is 2. The summed E-state index contributed by atoms with van der Waals surface area (Å²) in [5, 5.41) is 9.76. The number of halogens is 2. The summed E-state index contributed by atoms with van der Waals surface area (Å²) in [5.74, 6) is -0.889. The lowest BCUT2D eigenvalue weighted by Crippen LogP contribution is -2.32. The van der Waals surface area contributed by atoms with Crippen molar-refractivity contribution in [2.24, 2.45) is 0 Å². The summed E-state index contributed by atoms with van der Waals surface area (Å²) in [5.41, 5.74) is 11.0. The number of H-pyrrole nitrogens is 1. The van der Waals surface area contributed by atoms with Gasteiger partial charge in [-0.05, 0) is 22.4 Å². The Hall–Kier alpha value is -2.68. The summed E-state index contributed by atoms with van der Waals surface area (Å²) in [6.07, 6.45) is -5.67. The van der Waals surface area contributed by atoms with Crippen molar-refractivity contribution in [2.75, 3.05) is 24.7 Å². The number of hydrogen-bond acceptors (Lipinski definition) is 14. The number of imidazole rings is 1. The number of nitrogens with zero attached hydrogens (tertiary/aromatic N) is 5. The maximum Gasteiger partial charge on any atom is 0.582 e. The third-order valence-electron chi connectivity index (χ3n) is 7.24. The molecule has 2 fully saturated rings. The molecule has 4 aromatic rings. The number of hydrogen-bond donors (Lipinski definition) is 6. The summed E-state index contributed by atoms with van der Waals surface area (Å²) in [7, 11) is -2.43. The van der Waals surface area contributed by atoms with Crippen LogP contribution in [0, 0.1) is 5.82 Å². The van der Waals surface area contributed by atoms with Gasteiger partial charge in [-0.1, -0.05) is 0 Å². The number of anilines is 2. The fraction of sp³-hybridized carbons (Fsp3) is 0.455. The minimum Gasteiger partial charge on any atom is -0.398 e. The van der Waals surface area contributed by atoms with Crippen LogP contribution in [0.2, 0.25) is 0 Å². The van der Waals surface area contributed by atoms with Gasteiger partial charge in [0.1, 0.15) is 48.5 Å². The standard InChI is InChI=1S/C22H24F2N8O9P2S2/c23-8-4-31(18-14(8)9(25)1-2-27-18)13-3-10(40-42(35)44)12(38-13)6-37-43(36,45)41-17-15(24)11(5-33)39-21(17)32-7-28-16-19(32)29-22(26)30-20(16)34/h1-2,4,7,10-13,15,17,21,33H,3,5-6H2,(H6-,25,26,27,29,30,34,35,36,44,45)/p+1/t10-,11+,12+,13+,15+,17+,21+,43?/m0/s1. The van der Waals surface area contributed by atoms with E-state index in [0.717, 1.165) is 17.1 Å². The second-order valence-corrected chi connectivity index (χ2v) is 14.5. The number of nitrogen functional groups attached to an aromatic ring is 2. The maximum absolute atomic E-state index is 15.4. The van der Waals surface area contributed by atoms with Crippen molar-refractivity contribution < 1.29 is 46.4 Å². The van der Waals surface area contributed by atoms with Crippen molar-refractivity contribution >= 4 is 71.8 Å². The highest BCUT2D eigenvalue weighted by Gasteiger charge is 2.50. The topological polar surface area (TPSA) is 237 Å². The maximum atomic E-state index is 15.4. The number of aliphatic hydroxyl groups is 1. The Kier molecular flexibility index (Phi) is 8.96. The van der Waals surface area contributed by atoms with Crippen molar-refractivity contribution in [3.8, 4) is 0 Å². The lowest BCUT2D eigenvalue weighted by atomic mass is 10.1. The van der Waals surface area contributed by atoms with E-state index in [1.54, 1.807) is 0 Å². The van der Waals surface area contributed by atoms with Gasteiger partial charge in [-0.15, -0.1) is 4.52 Å². The minimum absolute atomic E-state index is 0.0384. The third kappa shape index (κ3) is 6.22. The molecule has 9 atom stereocenters. The molecule has 0 radical (unpaired) electrons. The molecule has 0 aliphatic carbocycles. The quantitative estimate of drug-likeness (QED) is 0.101. The molecule has 6 rings (SSSR count). The highest BCUT2D eigenvalue weighted by atomic mass is 32.7. The number of nitrogens with one attached hydrogen (secondary N) is 1. The second-order valence-electron chi connectivity index (χ2n) is 10.0. The summed E-state index contributed by atoms with van der Waals surface area (Å²) >= 11 is 8.97. The number of aliphatic hydroxyl groups excluding tert-OH is 1. The summed E-state index contributed by atoms with van der Waals surface area (Å²) < 4.78 is 72.6. The molecule has 6 heterocycles. The molecule has 2 aliphatic heterocycles. The lowest BCUT2D eigenvalue weighted by Gasteiger charge is -2.26. The van der Waals surface area contributed by atoms with Crippen LogP contribution in [0.4, 0.5) is 20.4 Å². The first-order chi connectivity index (χ1) is 21.4. The zero-order valence-electron chi connectivity index (χ0n) is 22.6. The molecule has 2 aliphatic rings. The Bertz CT molecular complexity index is 1880. The molecule has 2 saturated heterocycles. The van der Waals surface area contributed by atoms with Gasteiger partial charge in [0.2, 0.25) is 5.95 Å². The Balaban J connectivity index is 1.21. The van der Waals surface area contributed by atoms with Gasteiger partial charge in [0.05, 0.1) is 24.9 Å². The van der Waals surface area contributed by atoms with Crippen LogP contribution in [0.25, 0.3) is 22.2 Å². The van der Waals surface area contributed by atoms with E-state index < -0.39 is 81.6 Å². The number of alkyl halides is 1. The minimum atomic E-state index is -4.32. The first-order valence-electron chi connectivity index (χ1n) is 13.0.